The third kappa shape index (κ3) is 3.41. The molecule has 96 valence electrons. The highest BCUT2D eigenvalue weighted by molar-refractivity contribution is 5.98. The fourth-order valence-electron chi connectivity index (χ4n) is 1.27. The van der Waals surface area contributed by atoms with Crippen LogP contribution in [0.2, 0.25) is 0 Å². The van der Waals surface area contributed by atoms with E-state index >= 15 is 0 Å². The van der Waals surface area contributed by atoms with E-state index < -0.39 is 0 Å². The summed E-state index contributed by atoms with van der Waals surface area (Å²) in [6, 6.07) is 5.63. The molecule has 0 saturated carbocycles. The summed E-state index contributed by atoms with van der Waals surface area (Å²) in [7, 11) is 3.81. The van der Waals surface area contributed by atoms with Gasteiger partial charge in [-0.15, -0.1) is 0 Å². The number of hydrogen-bond donors (Lipinski definition) is 1. The second-order valence-corrected chi connectivity index (χ2v) is 4.14. The highest BCUT2D eigenvalue weighted by Gasteiger charge is 2.03. The Morgan fingerprint density at radius 3 is 2.50 bits per heavy atom. The average molecular weight is 245 g/mol. The van der Waals surface area contributed by atoms with Crippen LogP contribution in [0.4, 0.5) is 11.4 Å². The van der Waals surface area contributed by atoms with Crippen molar-refractivity contribution in [2.24, 2.45) is 15.0 Å². The van der Waals surface area contributed by atoms with Gasteiger partial charge in [0, 0.05) is 14.1 Å². The molecule has 0 aliphatic carbocycles. The second-order valence-electron chi connectivity index (χ2n) is 4.14. The number of nitrogen functional groups attached to an aromatic ring is 1. The number of anilines is 1. The number of nitrogens with zero attached hydrogens (tertiary/aromatic N) is 4. The number of amidine groups is 1. The molecule has 0 aromatic heterocycles. The van der Waals surface area contributed by atoms with Crippen molar-refractivity contribution in [3.05, 3.63) is 23.8 Å². The minimum Gasteiger partial charge on any atom is -0.397 e. The Morgan fingerprint density at radius 1 is 1.33 bits per heavy atom. The van der Waals surface area contributed by atoms with Gasteiger partial charge in [0.25, 0.3) is 5.96 Å². The van der Waals surface area contributed by atoms with Gasteiger partial charge >= 0.3 is 0 Å². The SMILES string of the molecule is C=NC(=Nc1c(C)cccc1N)N=C(C)N(C)C. The molecule has 0 spiro atoms. The number of hydrogen-bond acceptors (Lipinski definition) is 2. The normalized spacial score (nSPS) is 12.4. The van der Waals surface area contributed by atoms with Crippen LogP contribution in [0.15, 0.2) is 33.2 Å². The van der Waals surface area contributed by atoms with E-state index in [0.29, 0.717) is 17.3 Å². The third-order valence-electron chi connectivity index (χ3n) is 2.53. The largest absolute Gasteiger partial charge is 0.397 e. The zero-order valence-corrected chi connectivity index (χ0v) is 11.3. The second kappa shape index (κ2) is 5.95. The maximum absolute atomic E-state index is 5.89. The Balaban J connectivity index is 3.21. The van der Waals surface area contributed by atoms with E-state index in [4.69, 9.17) is 5.73 Å². The van der Waals surface area contributed by atoms with Crippen molar-refractivity contribution in [1.82, 2.24) is 4.90 Å². The van der Waals surface area contributed by atoms with Crippen LogP contribution in [-0.4, -0.2) is 37.5 Å². The first-order valence-corrected chi connectivity index (χ1v) is 5.58. The molecule has 0 atom stereocenters. The quantitative estimate of drug-likeness (QED) is 0.468. The number of guanidine groups is 1. The van der Waals surface area contributed by atoms with Crippen LogP contribution in [0.3, 0.4) is 0 Å². The molecule has 5 nitrogen and oxygen atoms in total. The molecule has 0 amide bonds. The molecule has 1 aromatic carbocycles. The van der Waals surface area contributed by atoms with Gasteiger partial charge in [0.2, 0.25) is 0 Å². The molecule has 0 heterocycles. The summed E-state index contributed by atoms with van der Waals surface area (Å²) in [4.78, 5) is 14.3. The molecule has 0 aliphatic heterocycles. The number of rotatable bonds is 1. The van der Waals surface area contributed by atoms with Crippen LogP contribution in [0, 0.1) is 6.92 Å². The molecule has 1 aromatic rings. The van der Waals surface area contributed by atoms with Gasteiger partial charge in [0.05, 0.1) is 11.4 Å². The summed E-state index contributed by atoms with van der Waals surface area (Å²) in [6.45, 7) is 7.30. The Kier molecular flexibility index (Phi) is 4.59. The van der Waals surface area contributed by atoms with Crippen LogP contribution in [0.25, 0.3) is 0 Å². The van der Waals surface area contributed by atoms with Crippen molar-refractivity contribution in [2.75, 3.05) is 19.8 Å². The van der Waals surface area contributed by atoms with E-state index in [9.17, 15) is 0 Å². The number of aliphatic imine (C=N–C) groups is 3. The first-order chi connectivity index (χ1) is 8.45. The molecule has 0 aliphatic rings. The lowest BCUT2D eigenvalue weighted by Gasteiger charge is -2.10. The van der Waals surface area contributed by atoms with Crippen molar-refractivity contribution in [3.63, 3.8) is 0 Å². The predicted octanol–water partition coefficient (Wildman–Crippen LogP) is 2.25. The van der Waals surface area contributed by atoms with E-state index in [1.54, 1.807) is 6.07 Å². The fraction of sp³-hybridized carbons (Fsp3) is 0.308. The highest BCUT2D eigenvalue weighted by atomic mass is 15.2. The number of para-hydroxylation sites is 1. The number of nitrogens with two attached hydrogens (primary N) is 1. The lowest BCUT2D eigenvalue weighted by molar-refractivity contribution is 0.619. The molecular weight excluding hydrogens is 226 g/mol. The van der Waals surface area contributed by atoms with E-state index in [0.717, 1.165) is 11.4 Å². The zero-order valence-electron chi connectivity index (χ0n) is 11.3. The molecule has 18 heavy (non-hydrogen) atoms. The number of aryl methyl sites for hydroxylation is 1. The van der Waals surface area contributed by atoms with E-state index in [1.807, 2.05) is 45.0 Å². The molecule has 0 radical (unpaired) electrons. The van der Waals surface area contributed by atoms with Crippen LogP contribution in [-0.2, 0) is 0 Å². The van der Waals surface area contributed by atoms with Crippen LogP contribution in [0.5, 0.6) is 0 Å². The summed E-state index contributed by atoms with van der Waals surface area (Å²) >= 11 is 0. The van der Waals surface area contributed by atoms with Gasteiger partial charge in [0.1, 0.15) is 5.84 Å². The highest BCUT2D eigenvalue weighted by Crippen LogP contribution is 2.26. The summed E-state index contributed by atoms with van der Waals surface area (Å²) in [6.07, 6.45) is 0. The maximum Gasteiger partial charge on any atom is 0.251 e. The van der Waals surface area contributed by atoms with E-state index in [-0.39, 0.29) is 0 Å². The van der Waals surface area contributed by atoms with Gasteiger partial charge in [-0.05, 0) is 32.2 Å². The number of benzene rings is 1. The summed E-state index contributed by atoms with van der Waals surface area (Å²) in [5.41, 5.74) is 8.16. The lowest BCUT2D eigenvalue weighted by atomic mass is 10.2. The van der Waals surface area contributed by atoms with Crippen LogP contribution in [0.1, 0.15) is 12.5 Å². The lowest BCUT2D eigenvalue weighted by Crippen LogP contribution is -2.19. The smallest absolute Gasteiger partial charge is 0.251 e. The van der Waals surface area contributed by atoms with Gasteiger partial charge < -0.3 is 10.6 Å². The van der Waals surface area contributed by atoms with Crippen LogP contribution < -0.4 is 5.73 Å². The minimum absolute atomic E-state index is 0.308. The first-order valence-electron chi connectivity index (χ1n) is 5.58. The minimum atomic E-state index is 0.308. The third-order valence-corrected chi connectivity index (χ3v) is 2.53. The van der Waals surface area contributed by atoms with Crippen molar-refractivity contribution in [2.45, 2.75) is 13.8 Å². The molecule has 0 bridgehead atoms. The maximum atomic E-state index is 5.89. The van der Waals surface area contributed by atoms with Gasteiger partial charge in [0.15, 0.2) is 0 Å². The Hall–Kier alpha value is -2.17. The van der Waals surface area contributed by atoms with Crippen molar-refractivity contribution >= 4 is 29.9 Å². The monoisotopic (exact) mass is 245 g/mol. The van der Waals surface area contributed by atoms with Crippen molar-refractivity contribution < 1.29 is 0 Å². The molecule has 0 unspecified atom stereocenters. The van der Waals surface area contributed by atoms with E-state index in [2.05, 4.69) is 21.7 Å². The molecule has 1 rings (SSSR count). The summed E-state index contributed by atoms with van der Waals surface area (Å²) in [5.74, 6) is 1.11. The predicted molar refractivity (Wildman–Crippen MR) is 79.0 cm³/mol. The molecule has 2 N–H and O–H groups in total. The summed E-state index contributed by atoms with van der Waals surface area (Å²) < 4.78 is 0. The Morgan fingerprint density at radius 2 is 2.00 bits per heavy atom. The topological polar surface area (TPSA) is 66.3 Å². The molecule has 5 heteroatoms. The fourth-order valence-corrected chi connectivity index (χ4v) is 1.27. The summed E-state index contributed by atoms with van der Waals surface area (Å²) in [5, 5.41) is 0. The molecule has 0 saturated heterocycles. The van der Waals surface area contributed by atoms with E-state index in [1.165, 1.54) is 0 Å². The van der Waals surface area contributed by atoms with Crippen LogP contribution >= 0.6 is 0 Å². The Labute approximate surface area is 108 Å². The van der Waals surface area contributed by atoms with Gasteiger partial charge in [-0.1, -0.05) is 12.1 Å². The van der Waals surface area contributed by atoms with Gasteiger partial charge in [-0.25, -0.2) is 9.98 Å². The zero-order chi connectivity index (χ0) is 13.7. The molecular formula is C13H19N5. The van der Waals surface area contributed by atoms with Gasteiger partial charge in [-0.2, -0.15) is 4.99 Å². The standard InChI is InChI=1S/C13H19N5/c1-9-7-6-8-11(14)12(9)17-13(15-3)16-10(2)18(4)5/h6-8H,3,14H2,1-2,4-5H3. The van der Waals surface area contributed by atoms with Crippen molar-refractivity contribution in [3.8, 4) is 0 Å². The van der Waals surface area contributed by atoms with Crippen molar-refractivity contribution in [1.29, 1.82) is 0 Å². The Bertz CT molecular complexity index is 480. The first kappa shape index (κ1) is 13.9. The van der Waals surface area contributed by atoms with Gasteiger partial charge in [-0.3, -0.25) is 0 Å². The average Bonchev–Trinajstić information content (AvgIpc) is 2.32. The molecule has 0 fully saturated rings.